The fourth-order valence-electron chi connectivity index (χ4n) is 2.30. The molecule has 2 heterocycles. The predicted molar refractivity (Wildman–Crippen MR) is 77.4 cm³/mol. The molecule has 0 aliphatic heterocycles. The number of nitrogens with zero attached hydrogens (tertiary/aromatic N) is 1. The van der Waals surface area contributed by atoms with Gasteiger partial charge in [0.15, 0.2) is 5.76 Å². The molecule has 0 spiro atoms. The largest absolute Gasteiger partial charge is 0.475 e. The normalized spacial score (nSPS) is 11.1. The highest BCUT2D eigenvalue weighted by atomic mass is 16.4. The van der Waals surface area contributed by atoms with Crippen molar-refractivity contribution in [2.24, 2.45) is 0 Å². The van der Waals surface area contributed by atoms with E-state index in [2.05, 4.69) is 4.98 Å². The van der Waals surface area contributed by atoms with Gasteiger partial charge in [-0.25, -0.2) is 9.78 Å². The number of benzene rings is 1. The third kappa shape index (κ3) is 2.42. The van der Waals surface area contributed by atoms with Crippen molar-refractivity contribution in [3.63, 3.8) is 0 Å². The maximum Gasteiger partial charge on any atom is 0.373 e. The summed E-state index contributed by atoms with van der Waals surface area (Å²) in [7, 11) is 0. The first-order valence-corrected chi connectivity index (χ1v) is 6.82. The van der Waals surface area contributed by atoms with Crippen LogP contribution < -0.4 is 0 Å². The number of hydrogen-bond acceptors (Lipinski definition) is 4. The lowest BCUT2D eigenvalue weighted by Gasteiger charge is -1.91. The SMILES string of the molecule is CCCc1nc(-c2cc3cc(C)ccc3o2)oc1C(=O)O. The molecule has 2 aromatic heterocycles. The van der Waals surface area contributed by atoms with Crippen LogP contribution in [-0.2, 0) is 6.42 Å². The standard InChI is InChI=1S/C16H15NO4/c1-3-4-11-14(16(18)19)21-15(17-11)13-8-10-7-9(2)5-6-12(10)20-13/h5-8H,3-4H2,1-2H3,(H,18,19). The monoisotopic (exact) mass is 285 g/mol. The van der Waals surface area contributed by atoms with Crippen molar-refractivity contribution in [2.45, 2.75) is 26.7 Å². The van der Waals surface area contributed by atoms with Gasteiger partial charge < -0.3 is 13.9 Å². The molecule has 21 heavy (non-hydrogen) atoms. The minimum Gasteiger partial charge on any atom is -0.475 e. The number of hydrogen-bond donors (Lipinski definition) is 1. The zero-order valence-electron chi connectivity index (χ0n) is 11.8. The van der Waals surface area contributed by atoms with Gasteiger partial charge in [-0.3, -0.25) is 0 Å². The minimum absolute atomic E-state index is 0.108. The van der Waals surface area contributed by atoms with E-state index >= 15 is 0 Å². The fraction of sp³-hybridized carbons (Fsp3) is 0.250. The molecular weight excluding hydrogens is 270 g/mol. The van der Waals surface area contributed by atoms with E-state index in [1.165, 1.54) is 0 Å². The van der Waals surface area contributed by atoms with Gasteiger partial charge in [-0.15, -0.1) is 0 Å². The Labute approximate surface area is 121 Å². The van der Waals surface area contributed by atoms with Crippen LogP contribution in [0.4, 0.5) is 0 Å². The quantitative estimate of drug-likeness (QED) is 0.782. The van der Waals surface area contributed by atoms with E-state index in [-0.39, 0.29) is 11.7 Å². The van der Waals surface area contributed by atoms with Crippen LogP contribution in [0, 0.1) is 6.92 Å². The second-order valence-corrected chi connectivity index (χ2v) is 5.00. The van der Waals surface area contributed by atoms with Crippen molar-refractivity contribution in [1.29, 1.82) is 0 Å². The van der Waals surface area contributed by atoms with Gasteiger partial charge in [0.2, 0.25) is 5.76 Å². The van der Waals surface area contributed by atoms with Crippen molar-refractivity contribution < 1.29 is 18.7 Å². The van der Waals surface area contributed by atoms with Gasteiger partial charge in [0.25, 0.3) is 5.89 Å². The molecule has 5 nitrogen and oxygen atoms in total. The molecule has 3 rings (SSSR count). The summed E-state index contributed by atoms with van der Waals surface area (Å²) in [4.78, 5) is 15.5. The number of furan rings is 1. The summed E-state index contributed by atoms with van der Waals surface area (Å²) in [5.41, 5.74) is 2.31. The van der Waals surface area contributed by atoms with Gasteiger partial charge in [0.1, 0.15) is 5.58 Å². The average molecular weight is 285 g/mol. The number of aromatic carboxylic acids is 1. The minimum atomic E-state index is -1.11. The van der Waals surface area contributed by atoms with E-state index in [1.807, 2.05) is 38.1 Å². The van der Waals surface area contributed by atoms with Crippen molar-refractivity contribution in [1.82, 2.24) is 4.98 Å². The fourth-order valence-corrected chi connectivity index (χ4v) is 2.30. The van der Waals surface area contributed by atoms with E-state index in [9.17, 15) is 4.79 Å². The first kappa shape index (κ1) is 13.4. The second-order valence-electron chi connectivity index (χ2n) is 5.00. The lowest BCUT2D eigenvalue weighted by Crippen LogP contribution is -1.99. The van der Waals surface area contributed by atoms with Crippen LogP contribution in [0.2, 0.25) is 0 Å². The smallest absolute Gasteiger partial charge is 0.373 e. The summed E-state index contributed by atoms with van der Waals surface area (Å²) < 4.78 is 11.1. The van der Waals surface area contributed by atoms with Gasteiger partial charge in [-0.05, 0) is 31.5 Å². The zero-order valence-corrected chi connectivity index (χ0v) is 11.8. The Kier molecular flexibility index (Phi) is 3.25. The number of rotatable bonds is 4. The maximum atomic E-state index is 11.2. The number of carboxylic acid groups (broad SMARTS) is 1. The molecule has 108 valence electrons. The molecule has 0 fully saturated rings. The molecule has 0 atom stereocenters. The summed E-state index contributed by atoms with van der Waals surface area (Å²) in [5.74, 6) is -0.558. The third-order valence-electron chi connectivity index (χ3n) is 3.26. The molecule has 3 aromatic rings. The Bertz CT molecular complexity index is 813. The lowest BCUT2D eigenvalue weighted by atomic mass is 10.2. The molecule has 0 amide bonds. The molecule has 1 N–H and O–H groups in total. The number of carbonyl (C=O) groups is 1. The van der Waals surface area contributed by atoms with Crippen LogP contribution >= 0.6 is 0 Å². The van der Waals surface area contributed by atoms with Crippen molar-refractivity contribution in [3.05, 3.63) is 41.3 Å². The predicted octanol–water partition coefficient (Wildman–Crippen LogP) is 4.05. The maximum absolute atomic E-state index is 11.2. The number of oxazole rings is 1. The number of fused-ring (bicyclic) bond motifs is 1. The molecule has 5 heteroatoms. The van der Waals surface area contributed by atoms with E-state index < -0.39 is 5.97 Å². The first-order chi connectivity index (χ1) is 10.1. The number of aromatic nitrogens is 1. The lowest BCUT2D eigenvalue weighted by molar-refractivity contribution is 0.0661. The van der Waals surface area contributed by atoms with E-state index in [0.29, 0.717) is 17.9 Å². The van der Waals surface area contributed by atoms with Crippen LogP contribution in [0.1, 0.15) is 35.2 Å². The highest BCUT2D eigenvalue weighted by Gasteiger charge is 2.21. The Morgan fingerprint density at radius 1 is 1.29 bits per heavy atom. The molecule has 1 aromatic carbocycles. The summed E-state index contributed by atoms with van der Waals surface area (Å²) >= 11 is 0. The van der Waals surface area contributed by atoms with E-state index in [1.54, 1.807) is 0 Å². The van der Waals surface area contributed by atoms with Crippen LogP contribution in [0.15, 0.2) is 33.1 Å². The van der Waals surface area contributed by atoms with Gasteiger partial charge >= 0.3 is 5.97 Å². The highest BCUT2D eigenvalue weighted by molar-refractivity contribution is 5.87. The molecule has 0 aliphatic rings. The molecule has 0 saturated carbocycles. The summed E-state index contributed by atoms with van der Waals surface area (Å²) in [5, 5.41) is 10.1. The summed E-state index contributed by atoms with van der Waals surface area (Å²) in [6.07, 6.45) is 1.36. The molecule has 0 unspecified atom stereocenters. The molecule has 0 saturated heterocycles. The Morgan fingerprint density at radius 3 is 2.81 bits per heavy atom. The van der Waals surface area contributed by atoms with Crippen molar-refractivity contribution in [2.75, 3.05) is 0 Å². The molecular formula is C16H15NO4. The molecule has 0 radical (unpaired) electrons. The topological polar surface area (TPSA) is 76.5 Å². The van der Waals surface area contributed by atoms with Gasteiger partial charge in [-0.1, -0.05) is 25.0 Å². The number of aryl methyl sites for hydroxylation is 2. The Hall–Kier alpha value is -2.56. The Balaban J connectivity index is 2.09. The highest BCUT2D eigenvalue weighted by Crippen LogP contribution is 2.29. The summed E-state index contributed by atoms with van der Waals surface area (Å²) in [6.45, 7) is 3.96. The van der Waals surface area contributed by atoms with Gasteiger partial charge in [0.05, 0.1) is 5.69 Å². The average Bonchev–Trinajstić information content (AvgIpc) is 3.02. The summed E-state index contributed by atoms with van der Waals surface area (Å²) in [6, 6.07) is 7.64. The second kappa shape index (κ2) is 5.09. The molecule has 0 bridgehead atoms. The third-order valence-corrected chi connectivity index (χ3v) is 3.26. The van der Waals surface area contributed by atoms with Crippen LogP contribution in [0.25, 0.3) is 22.6 Å². The first-order valence-electron chi connectivity index (χ1n) is 6.82. The Morgan fingerprint density at radius 2 is 2.10 bits per heavy atom. The zero-order chi connectivity index (χ0) is 15.0. The van der Waals surface area contributed by atoms with Gasteiger partial charge in [-0.2, -0.15) is 0 Å². The van der Waals surface area contributed by atoms with Crippen molar-refractivity contribution in [3.8, 4) is 11.7 Å². The van der Waals surface area contributed by atoms with Crippen LogP contribution in [0.3, 0.4) is 0 Å². The van der Waals surface area contributed by atoms with Crippen LogP contribution in [0.5, 0.6) is 0 Å². The van der Waals surface area contributed by atoms with Gasteiger partial charge in [0, 0.05) is 5.39 Å². The van der Waals surface area contributed by atoms with Crippen LogP contribution in [-0.4, -0.2) is 16.1 Å². The van der Waals surface area contributed by atoms with Crippen molar-refractivity contribution >= 4 is 16.9 Å². The molecule has 0 aliphatic carbocycles. The number of carboxylic acids is 1. The van der Waals surface area contributed by atoms with E-state index in [0.717, 1.165) is 23.0 Å². The van der Waals surface area contributed by atoms with E-state index in [4.69, 9.17) is 13.9 Å².